The number of hydrogen-bond donors (Lipinski definition) is 2. The third kappa shape index (κ3) is 2.43. The molecule has 1 aliphatic heterocycles. The Morgan fingerprint density at radius 2 is 2.00 bits per heavy atom. The summed E-state index contributed by atoms with van der Waals surface area (Å²) >= 11 is 15.8. The van der Waals surface area contributed by atoms with Gasteiger partial charge >= 0.3 is 0 Å². The van der Waals surface area contributed by atoms with Crippen molar-refractivity contribution >= 4 is 53.4 Å². The molecule has 17 heavy (non-hydrogen) atoms. The van der Waals surface area contributed by atoms with Gasteiger partial charge in [0.25, 0.3) is 0 Å². The number of carbonyl (C=O) groups excluding carboxylic acids is 1. The number of aromatic nitrogens is 2. The van der Waals surface area contributed by atoms with Gasteiger partial charge in [-0.2, -0.15) is 22.6 Å². The number of nitrogens with two attached hydrogens (primary N) is 1. The molecule has 0 bridgehead atoms. The molecule has 2 heterocycles. The van der Waals surface area contributed by atoms with Crippen LogP contribution in [0.1, 0.15) is 6.42 Å². The number of amides is 1. The van der Waals surface area contributed by atoms with Gasteiger partial charge in [0.15, 0.2) is 10.3 Å². The molecule has 2 rings (SSSR count). The van der Waals surface area contributed by atoms with E-state index in [0.717, 1.165) is 0 Å². The van der Waals surface area contributed by atoms with Gasteiger partial charge in [-0.05, 0) is 11.7 Å². The van der Waals surface area contributed by atoms with Gasteiger partial charge in [0.1, 0.15) is 5.69 Å². The van der Waals surface area contributed by atoms with Crippen LogP contribution in [0.15, 0.2) is 0 Å². The Bertz CT molecular complexity index is 447. The Hall–Kier alpha value is -0.720. The van der Waals surface area contributed by atoms with Crippen molar-refractivity contribution in [3.63, 3.8) is 0 Å². The van der Waals surface area contributed by atoms with Gasteiger partial charge in [-0.15, -0.1) is 0 Å². The van der Waals surface area contributed by atoms with Gasteiger partial charge in [0.05, 0.1) is 0 Å². The van der Waals surface area contributed by atoms with Crippen molar-refractivity contribution in [1.82, 2.24) is 9.97 Å². The third-order valence-corrected chi connectivity index (χ3v) is 3.64. The predicted octanol–water partition coefficient (Wildman–Crippen LogP) is 1.65. The fourth-order valence-corrected chi connectivity index (χ4v) is 2.25. The van der Waals surface area contributed by atoms with E-state index in [1.165, 1.54) is 4.90 Å². The van der Waals surface area contributed by atoms with E-state index in [2.05, 4.69) is 22.6 Å². The normalized spacial score (nSPS) is 20.1. The van der Waals surface area contributed by atoms with Gasteiger partial charge in [0.2, 0.25) is 11.9 Å². The zero-order chi connectivity index (χ0) is 12.6. The number of nitrogens with zero attached hydrogens (tertiary/aromatic N) is 3. The van der Waals surface area contributed by atoms with Crippen LogP contribution >= 0.6 is 35.8 Å². The molecule has 0 aromatic carbocycles. The number of thiol groups is 1. The topological polar surface area (TPSA) is 72.1 Å². The Labute approximate surface area is 114 Å². The van der Waals surface area contributed by atoms with E-state index < -0.39 is 0 Å². The van der Waals surface area contributed by atoms with Crippen LogP contribution < -0.4 is 10.6 Å². The summed E-state index contributed by atoms with van der Waals surface area (Å²) in [4.78, 5) is 21.1. The lowest BCUT2D eigenvalue weighted by Crippen LogP contribution is -2.27. The van der Waals surface area contributed by atoms with Crippen LogP contribution in [0.4, 0.5) is 11.6 Å². The molecule has 0 radical (unpaired) electrons. The quantitative estimate of drug-likeness (QED) is 0.642. The Morgan fingerprint density at radius 3 is 2.47 bits per heavy atom. The van der Waals surface area contributed by atoms with Gasteiger partial charge in [0, 0.05) is 13.0 Å². The van der Waals surface area contributed by atoms with Crippen molar-refractivity contribution in [2.45, 2.75) is 6.42 Å². The lowest BCUT2D eigenvalue weighted by Gasteiger charge is -2.15. The largest absolute Gasteiger partial charge is 0.394 e. The number of rotatable bonds is 2. The molecule has 92 valence electrons. The maximum Gasteiger partial charge on any atom is 0.235 e. The number of anilines is 2. The standard InChI is InChI=1S/C9H10Cl2N4OS/c10-7-6(12)8(11)14-9(13-7)15-2-4(3-17)1-5(15)16/h4,17H,1-3,12H2. The zero-order valence-electron chi connectivity index (χ0n) is 8.73. The summed E-state index contributed by atoms with van der Waals surface area (Å²) in [6.45, 7) is 0.527. The molecule has 2 N–H and O–H groups in total. The van der Waals surface area contributed by atoms with E-state index in [1.807, 2.05) is 0 Å². The van der Waals surface area contributed by atoms with Crippen molar-refractivity contribution in [1.29, 1.82) is 0 Å². The maximum atomic E-state index is 11.7. The maximum absolute atomic E-state index is 11.7. The molecule has 0 saturated carbocycles. The van der Waals surface area contributed by atoms with Crippen molar-refractivity contribution in [2.24, 2.45) is 5.92 Å². The number of nitrogen functional groups attached to an aromatic ring is 1. The first-order chi connectivity index (χ1) is 8.02. The van der Waals surface area contributed by atoms with Gasteiger partial charge in [-0.1, -0.05) is 23.2 Å². The highest BCUT2D eigenvalue weighted by atomic mass is 35.5. The lowest BCUT2D eigenvalue weighted by atomic mass is 10.1. The average molecular weight is 293 g/mol. The minimum Gasteiger partial charge on any atom is -0.394 e. The average Bonchev–Trinajstić information content (AvgIpc) is 2.67. The highest BCUT2D eigenvalue weighted by molar-refractivity contribution is 7.80. The summed E-state index contributed by atoms with van der Waals surface area (Å²) < 4.78 is 0. The molecule has 1 aromatic rings. The lowest BCUT2D eigenvalue weighted by molar-refractivity contribution is -0.117. The van der Waals surface area contributed by atoms with Crippen molar-refractivity contribution < 1.29 is 4.79 Å². The second kappa shape index (κ2) is 4.88. The van der Waals surface area contributed by atoms with Crippen LogP contribution in [-0.2, 0) is 4.79 Å². The van der Waals surface area contributed by atoms with E-state index in [4.69, 9.17) is 28.9 Å². The van der Waals surface area contributed by atoms with E-state index in [9.17, 15) is 4.79 Å². The van der Waals surface area contributed by atoms with E-state index in [1.54, 1.807) is 0 Å². The van der Waals surface area contributed by atoms with Crippen LogP contribution in [0.5, 0.6) is 0 Å². The SMILES string of the molecule is Nc1c(Cl)nc(N2CC(CS)CC2=O)nc1Cl. The molecule has 1 atom stereocenters. The van der Waals surface area contributed by atoms with E-state index in [0.29, 0.717) is 18.7 Å². The fourth-order valence-electron chi connectivity index (χ4n) is 1.62. The van der Waals surface area contributed by atoms with Crippen LogP contribution in [0, 0.1) is 5.92 Å². The zero-order valence-corrected chi connectivity index (χ0v) is 11.1. The monoisotopic (exact) mass is 292 g/mol. The number of hydrogen-bond acceptors (Lipinski definition) is 5. The molecule has 1 amide bonds. The van der Waals surface area contributed by atoms with E-state index in [-0.39, 0.29) is 33.8 Å². The summed E-state index contributed by atoms with van der Waals surface area (Å²) in [6.07, 6.45) is 0.437. The summed E-state index contributed by atoms with van der Waals surface area (Å²) in [6, 6.07) is 0. The highest BCUT2D eigenvalue weighted by Gasteiger charge is 2.32. The Morgan fingerprint density at radius 1 is 1.41 bits per heavy atom. The second-order valence-corrected chi connectivity index (χ2v) is 4.86. The smallest absolute Gasteiger partial charge is 0.235 e. The van der Waals surface area contributed by atoms with Crippen molar-refractivity contribution in [3.8, 4) is 0 Å². The molecule has 1 aliphatic rings. The molecular formula is C9H10Cl2N4OS. The first-order valence-electron chi connectivity index (χ1n) is 4.92. The number of carbonyl (C=O) groups is 1. The predicted molar refractivity (Wildman–Crippen MR) is 70.8 cm³/mol. The first-order valence-corrected chi connectivity index (χ1v) is 6.31. The van der Waals surface area contributed by atoms with Crippen molar-refractivity contribution in [3.05, 3.63) is 10.3 Å². The minimum atomic E-state index is -0.0547. The number of halogens is 2. The highest BCUT2D eigenvalue weighted by Crippen LogP contribution is 2.29. The first kappa shape index (κ1) is 12.7. The molecule has 1 saturated heterocycles. The summed E-state index contributed by atoms with van der Waals surface area (Å²) in [5.74, 6) is 0.979. The summed E-state index contributed by atoms with van der Waals surface area (Å²) in [5, 5.41) is 0.115. The summed E-state index contributed by atoms with van der Waals surface area (Å²) in [7, 11) is 0. The molecule has 1 fully saturated rings. The van der Waals surface area contributed by atoms with Crippen LogP contribution in [0.25, 0.3) is 0 Å². The second-order valence-electron chi connectivity index (χ2n) is 3.78. The third-order valence-electron chi connectivity index (χ3n) is 2.55. The molecule has 0 spiro atoms. The summed E-state index contributed by atoms with van der Waals surface area (Å²) in [5.41, 5.74) is 5.65. The van der Waals surface area contributed by atoms with Crippen molar-refractivity contribution in [2.75, 3.05) is 22.9 Å². The van der Waals surface area contributed by atoms with Gasteiger partial charge < -0.3 is 5.73 Å². The Balaban J connectivity index is 2.32. The van der Waals surface area contributed by atoms with Crippen LogP contribution in [0.3, 0.4) is 0 Å². The van der Waals surface area contributed by atoms with E-state index >= 15 is 0 Å². The van der Waals surface area contributed by atoms with Crippen LogP contribution in [-0.4, -0.2) is 28.2 Å². The van der Waals surface area contributed by atoms with Gasteiger partial charge in [-0.25, -0.2) is 0 Å². The molecule has 5 nitrogen and oxygen atoms in total. The fraction of sp³-hybridized carbons (Fsp3) is 0.444. The molecular weight excluding hydrogens is 283 g/mol. The molecule has 1 aromatic heterocycles. The molecule has 0 aliphatic carbocycles. The molecule has 1 unspecified atom stereocenters. The molecule has 8 heteroatoms. The van der Waals surface area contributed by atoms with Crippen LogP contribution in [0.2, 0.25) is 10.3 Å². The minimum absolute atomic E-state index is 0.0547. The Kier molecular flexibility index (Phi) is 3.65. The van der Waals surface area contributed by atoms with Gasteiger partial charge in [-0.3, -0.25) is 9.69 Å².